The van der Waals surface area contributed by atoms with Crippen molar-refractivity contribution in [2.75, 3.05) is 6.61 Å². The molecule has 0 unspecified atom stereocenters. The van der Waals surface area contributed by atoms with Gasteiger partial charge in [-0.15, -0.1) is 0 Å². The zero-order chi connectivity index (χ0) is 15.1. The topological polar surface area (TPSA) is 63.8 Å². The second-order valence-corrected chi connectivity index (χ2v) is 5.00. The largest absolute Gasteiger partial charge is 0.484 e. The molecule has 0 aliphatic carbocycles. The molecule has 0 aliphatic rings. The quantitative estimate of drug-likeness (QED) is 0.642. The average molecular weight is 351 g/mol. The van der Waals surface area contributed by atoms with Gasteiger partial charge in [0.05, 0.1) is 6.21 Å². The van der Waals surface area contributed by atoms with Crippen LogP contribution in [-0.4, -0.2) is 18.7 Å². The molecule has 1 amide bonds. The third kappa shape index (κ3) is 5.07. The molecule has 0 radical (unpaired) electrons. The predicted molar refractivity (Wildman–Crippen MR) is 83.5 cm³/mol. The van der Waals surface area contributed by atoms with Crippen LogP contribution in [0.5, 0.6) is 5.75 Å². The molecule has 5 nitrogen and oxygen atoms in total. The molecule has 0 bridgehead atoms. The van der Waals surface area contributed by atoms with E-state index in [1.165, 1.54) is 11.8 Å². The van der Waals surface area contributed by atoms with Crippen molar-refractivity contribution in [3.8, 4) is 5.75 Å². The Kier molecular flexibility index (Phi) is 5.57. The molecule has 0 saturated heterocycles. The first-order valence-electron chi connectivity index (χ1n) is 6.46. The maximum atomic E-state index is 11.5. The summed E-state index contributed by atoms with van der Waals surface area (Å²) in [5, 5.41) is 3.78. The van der Waals surface area contributed by atoms with Crippen LogP contribution in [0.3, 0.4) is 0 Å². The molecule has 0 aliphatic heterocycles. The van der Waals surface area contributed by atoms with Gasteiger partial charge in [-0.05, 0) is 52.2 Å². The van der Waals surface area contributed by atoms with Crippen molar-refractivity contribution in [2.45, 2.75) is 13.3 Å². The normalized spacial score (nSPS) is 10.8. The smallest absolute Gasteiger partial charge is 0.277 e. The minimum absolute atomic E-state index is 0.0926. The van der Waals surface area contributed by atoms with Gasteiger partial charge >= 0.3 is 0 Å². The fourth-order valence-corrected chi connectivity index (χ4v) is 1.89. The van der Waals surface area contributed by atoms with Crippen molar-refractivity contribution >= 4 is 28.1 Å². The second-order valence-electron chi connectivity index (χ2n) is 4.22. The van der Waals surface area contributed by atoms with Gasteiger partial charge in [-0.1, -0.05) is 19.1 Å². The van der Waals surface area contributed by atoms with Gasteiger partial charge in [0.25, 0.3) is 5.91 Å². The molecule has 2 rings (SSSR count). The molecule has 1 aromatic heterocycles. The number of furan rings is 1. The maximum absolute atomic E-state index is 11.5. The average Bonchev–Trinajstić information content (AvgIpc) is 2.91. The Morgan fingerprint density at radius 1 is 1.33 bits per heavy atom. The lowest BCUT2D eigenvalue weighted by Crippen LogP contribution is -2.24. The van der Waals surface area contributed by atoms with Crippen molar-refractivity contribution < 1.29 is 13.9 Å². The van der Waals surface area contributed by atoms with Crippen molar-refractivity contribution in [2.24, 2.45) is 5.10 Å². The van der Waals surface area contributed by atoms with E-state index in [0.29, 0.717) is 16.2 Å². The molecule has 1 heterocycles. The Morgan fingerprint density at radius 2 is 2.10 bits per heavy atom. The minimum Gasteiger partial charge on any atom is -0.484 e. The zero-order valence-corrected chi connectivity index (χ0v) is 13.1. The Morgan fingerprint density at radius 3 is 2.71 bits per heavy atom. The lowest BCUT2D eigenvalue weighted by molar-refractivity contribution is -0.123. The zero-order valence-electron chi connectivity index (χ0n) is 11.5. The monoisotopic (exact) mass is 350 g/mol. The van der Waals surface area contributed by atoms with Gasteiger partial charge in [0.2, 0.25) is 0 Å². The summed E-state index contributed by atoms with van der Waals surface area (Å²) in [6.45, 7) is 1.99. The SMILES string of the molecule is CCc1ccc(OCC(=O)N/N=C/c2ccc(Br)o2)cc1. The van der Waals surface area contributed by atoms with E-state index in [9.17, 15) is 4.79 Å². The molecule has 0 saturated carbocycles. The van der Waals surface area contributed by atoms with Gasteiger partial charge in [-0.3, -0.25) is 4.79 Å². The second kappa shape index (κ2) is 7.64. The highest BCUT2D eigenvalue weighted by molar-refractivity contribution is 9.10. The summed E-state index contributed by atoms with van der Waals surface area (Å²) in [5.74, 6) is 0.857. The first-order valence-corrected chi connectivity index (χ1v) is 7.25. The highest BCUT2D eigenvalue weighted by atomic mass is 79.9. The van der Waals surface area contributed by atoms with Crippen LogP contribution in [0.25, 0.3) is 0 Å². The Labute approximate surface area is 131 Å². The summed E-state index contributed by atoms with van der Waals surface area (Å²) < 4.78 is 11.2. The number of aryl methyl sites for hydroxylation is 1. The third-order valence-corrected chi connectivity index (χ3v) is 3.10. The van der Waals surface area contributed by atoms with Crippen LogP contribution in [-0.2, 0) is 11.2 Å². The summed E-state index contributed by atoms with van der Waals surface area (Å²) in [6, 6.07) is 11.1. The van der Waals surface area contributed by atoms with E-state index >= 15 is 0 Å². The summed E-state index contributed by atoms with van der Waals surface area (Å²) in [5.41, 5.74) is 3.59. The lowest BCUT2D eigenvalue weighted by atomic mass is 10.2. The van der Waals surface area contributed by atoms with E-state index < -0.39 is 0 Å². The van der Waals surface area contributed by atoms with Crippen LogP contribution in [0, 0.1) is 0 Å². The Balaban J connectivity index is 1.75. The molecule has 1 aromatic carbocycles. The van der Waals surface area contributed by atoms with Crippen LogP contribution in [0.2, 0.25) is 0 Å². The number of hydrazone groups is 1. The van der Waals surface area contributed by atoms with Crippen LogP contribution >= 0.6 is 15.9 Å². The van der Waals surface area contributed by atoms with E-state index in [-0.39, 0.29) is 12.5 Å². The highest BCUT2D eigenvalue weighted by Gasteiger charge is 2.02. The first kappa shape index (κ1) is 15.3. The number of carbonyl (C=O) groups is 1. The lowest BCUT2D eigenvalue weighted by Gasteiger charge is -2.05. The van der Waals surface area contributed by atoms with Gasteiger partial charge < -0.3 is 9.15 Å². The number of rotatable bonds is 6. The van der Waals surface area contributed by atoms with Crippen LogP contribution in [0.1, 0.15) is 18.2 Å². The number of benzene rings is 1. The van der Waals surface area contributed by atoms with Crippen molar-refractivity contribution in [3.63, 3.8) is 0 Å². The van der Waals surface area contributed by atoms with Crippen molar-refractivity contribution in [1.82, 2.24) is 5.43 Å². The van der Waals surface area contributed by atoms with Crippen LogP contribution in [0.15, 0.2) is 50.6 Å². The van der Waals surface area contributed by atoms with Crippen molar-refractivity contribution in [3.05, 3.63) is 52.4 Å². The third-order valence-electron chi connectivity index (χ3n) is 2.68. The Hall–Kier alpha value is -2.08. The number of nitrogens with one attached hydrogen (secondary N) is 1. The molecule has 1 N–H and O–H groups in total. The molecule has 6 heteroatoms. The fourth-order valence-electron chi connectivity index (χ4n) is 1.57. The number of ether oxygens (including phenoxy) is 1. The molecule has 0 spiro atoms. The van der Waals surface area contributed by atoms with Gasteiger partial charge in [0, 0.05) is 0 Å². The fraction of sp³-hybridized carbons (Fsp3) is 0.200. The molecule has 0 fully saturated rings. The standard InChI is InChI=1S/C15H15BrN2O3/c1-2-11-3-5-12(6-4-11)20-10-15(19)18-17-9-13-7-8-14(16)21-13/h3-9H,2,10H2,1H3,(H,18,19)/b17-9+. The molecule has 0 atom stereocenters. The van der Waals surface area contributed by atoms with E-state index in [1.54, 1.807) is 12.1 Å². The molecule has 110 valence electrons. The molecule has 2 aromatic rings. The number of nitrogens with zero attached hydrogens (tertiary/aromatic N) is 1. The van der Waals surface area contributed by atoms with Crippen LogP contribution in [0.4, 0.5) is 0 Å². The van der Waals surface area contributed by atoms with E-state index in [0.717, 1.165) is 6.42 Å². The number of hydrogen-bond donors (Lipinski definition) is 1. The highest BCUT2D eigenvalue weighted by Crippen LogP contribution is 2.13. The first-order chi connectivity index (χ1) is 10.2. The van der Waals surface area contributed by atoms with E-state index in [4.69, 9.17) is 9.15 Å². The molecule has 21 heavy (non-hydrogen) atoms. The summed E-state index contributed by atoms with van der Waals surface area (Å²) in [7, 11) is 0. The number of hydrogen-bond acceptors (Lipinski definition) is 4. The van der Waals surface area contributed by atoms with Gasteiger partial charge in [-0.25, -0.2) is 5.43 Å². The number of amides is 1. The Bertz CT molecular complexity index is 620. The van der Waals surface area contributed by atoms with Crippen LogP contribution < -0.4 is 10.2 Å². The van der Waals surface area contributed by atoms with E-state index in [1.807, 2.05) is 24.3 Å². The van der Waals surface area contributed by atoms with Gasteiger partial charge in [0.1, 0.15) is 11.5 Å². The maximum Gasteiger partial charge on any atom is 0.277 e. The van der Waals surface area contributed by atoms with Gasteiger partial charge in [-0.2, -0.15) is 5.10 Å². The summed E-state index contributed by atoms with van der Waals surface area (Å²) in [4.78, 5) is 11.5. The number of halogens is 1. The van der Waals surface area contributed by atoms with Crippen molar-refractivity contribution in [1.29, 1.82) is 0 Å². The van der Waals surface area contributed by atoms with Gasteiger partial charge in [0.15, 0.2) is 11.3 Å². The summed E-state index contributed by atoms with van der Waals surface area (Å²) in [6.07, 6.45) is 2.39. The number of carbonyl (C=O) groups excluding carboxylic acids is 1. The van der Waals surface area contributed by atoms with E-state index in [2.05, 4.69) is 33.4 Å². The molecular weight excluding hydrogens is 336 g/mol. The minimum atomic E-state index is -0.337. The summed E-state index contributed by atoms with van der Waals surface area (Å²) >= 11 is 3.18. The molecular formula is C15H15BrN2O3. The predicted octanol–water partition coefficient (Wildman–Crippen LogP) is 3.13.